The second kappa shape index (κ2) is 6.23. The Bertz CT molecular complexity index is 436. The lowest BCUT2D eigenvalue weighted by atomic mass is 10.2. The molecule has 0 bridgehead atoms. The maximum absolute atomic E-state index is 12.5. The quantitative estimate of drug-likeness (QED) is 0.894. The molecule has 0 aliphatic carbocycles. The number of nitrogens with zero attached hydrogens (tertiary/aromatic N) is 2. The summed E-state index contributed by atoms with van der Waals surface area (Å²) in [6.07, 6.45) is 4.59. The molecule has 5 nitrogen and oxygen atoms in total. The van der Waals surface area contributed by atoms with Crippen molar-refractivity contribution in [1.29, 1.82) is 0 Å². The number of carbonyl (C=O) groups excluding carboxylic acids is 1. The summed E-state index contributed by atoms with van der Waals surface area (Å²) in [6, 6.07) is 0.284. The van der Waals surface area contributed by atoms with Crippen molar-refractivity contribution >= 4 is 28.2 Å². The van der Waals surface area contributed by atoms with Crippen LogP contribution < -0.4 is 11.1 Å². The first-order valence-electron chi connectivity index (χ1n) is 6.90. The van der Waals surface area contributed by atoms with Crippen LogP contribution in [0.15, 0.2) is 0 Å². The van der Waals surface area contributed by atoms with E-state index in [1.165, 1.54) is 24.2 Å². The number of aromatic nitrogens is 1. The fourth-order valence-corrected chi connectivity index (χ4v) is 3.21. The molecule has 1 aromatic heterocycles. The van der Waals surface area contributed by atoms with E-state index in [0.29, 0.717) is 10.7 Å². The molecule has 1 fully saturated rings. The number of nitrogens with two attached hydrogens (primary N) is 1. The molecule has 0 unspecified atom stereocenters. The molecule has 2 heterocycles. The number of amides is 1. The first kappa shape index (κ1) is 14.1. The third-order valence-electron chi connectivity index (χ3n) is 3.15. The average molecular weight is 282 g/mol. The van der Waals surface area contributed by atoms with E-state index in [4.69, 9.17) is 5.73 Å². The summed E-state index contributed by atoms with van der Waals surface area (Å²) in [5, 5.41) is 3.92. The van der Waals surface area contributed by atoms with Crippen molar-refractivity contribution in [3.8, 4) is 0 Å². The minimum Gasteiger partial charge on any atom is -0.382 e. The molecular formula is C13H22N4OS. The Labute approximate surface area is 118 Å². The monoisotopic (exact) mass is 282 g/mol. The molecule has 0 saturated carbocycles. The van der Waals surface area contributed by atoms with Crippen LogP contribution >= 0.6 is 11.3 Å². The van der Waals surface area contributed by atoms with Gasteiger partial charge < -0.3 is 16.0 Å². The average Bonchev–Trinajstić information content (AvgIpc) is 2.57. The van der Waals surface area contributed by atoms with Crippen molar-refractivity contribution in [2.75, 3.05) is 24.1 Å². The lowest BCUT2D eigenvalue weighted by molar-refractivity contribution is 0.0767. The molecule has 1 saturated heterocycles. The van der Waals surface area contributed by atoms with Crippen molar-refractivity contribution in [2.45, 2.75) is 45.6 Å². The van der Waals surface area contributed by atoms with Crippen LogP contribution in [0.3, 0.4) is 0 Å². The molecule has 0 aromatic carbocycles. The van der Waals surface area contributed by atoms with Crippen LogP contribution in [0, 0.1) is 0 Å². The van der Waals surface area contributed by atoms with E-state index in [-0.39, 0.29) is 11.9 Å². The first-order chi connectivity index (χ1) is 9.08. The molecule has 1 aliphatic heterocycles. The predicted molar refractivity (Wildman–Crippen MR) is 79.7 cm³/mol. The molecule has 19 heavy (non-hydrogen) atoms. The van der Waals surface area contributed by atoms with Crippen LogP contribution in [0.4, 0.5) is 10.9 Å². The van der Waals surface area contributed by atoms with Gasteiger partial charge in [-0.3, -0.25) is 4.79 Å². The summed E-state index contributed by atoms with van der Waals surface area (Å²) in [7, 11) is 0. The van der Waals surface area contributed by atoms with Crippen LogP contribution in [0.1, 0.15) is 49.2 Å². The second-order valence-electron chi connectivity index (χ2n) is 5.24. The van der Waals surface area contributed by atoms with E-state index < -0.39 is 0 Å². The summed E-state index contributed by atoms with van der Waals surface area (Å²) < 4.78 is 0. The van der Waals surface area contributed by atoms with Gasteiger partial charge in [0.1, 0.15) is 10.7 Å². The van der Waals surface area contributed by atoms with Crippen molar-refractivity contribution in [2.24, 2.45) is 0 Å². The van der Waals surface area contributed by atoms with E-state index in [2.05, 4.69) is 10.3 Å². The van der Waals surface area contributed by atoms with Crippen molar-refractivity contribution < 1.29 is 4.79 Å². The summed E-state index contributed by atoms with van der Waals surface area (Å²) >= 11 is 1.36. The largest absolute Gasteiger partial charge is 0.382 e. The van der Waals surface area contributed by atoms with Crippen LogP contribution in [-0.2, 0) is 0 Å². The molecule has 1 aliphatic rings. The van der Waals surface area contributed by atoms with Gasteiger partial charge in [-0.25, -0.2) is 4.98 Å². The van der Waals surface area contributed by atoms with Gasteiger partial charge in [0.2, 0.25) is 0 Å². The van der Waals surface area contributed by atoms with Gasteiger partial charge in [0.25, 0.3) is 5.91 Å². The smallest absolute Gasteiger partial charge is 0.267 e. The van der Waals surface area contributed by atoms with Gasteiger partial charge in [-0.05, 0) is 26.7 Å². The third kappa shape index (κ3) is 3.59. The van der Waals surface area contributed by atoms with Gasteiger partial charge in [0.05, 0.1) is 0 Å². The zero-order valence-corrected chi connectivity index (χ0v) is 12.4. The number of thiazole rings is 1. The maximum Gasteiger partial charge on any atom is 0.267 e. The molecular weight excluding hydrogens is 260 g/mol. The normalized spacial score (nSPS) is 16.5. The van der Waals surface area contributed by atoms with Gasteiger partial charge >= 0.3 is 0 Å². The Kier molecular flexibility index (Phi) is 4.63. The Morgan fingerprint density at radius 3 is 2.53 bits per heavy atom. The Hall–Kier alpha value is -1.30. The zero-order chi connectivity index (χ0) is 13.8. The lowest BCUT2D eigenvalue weighted by Gasteiger charge is -2.19. The summed E-state index contributed by atoms with van der Waals surface area (Å²) in [4.78, 5) is 19.2. The Morgan fingerprint density at radius 1 is 1.32 bits per heavy atom. The Balaban J connectivity index is 2.11. The highest BCUT2D eigenvalue weighted by atomic mass is 32.1. The van der Waals surface area contributed by atoms with E-state index in [1.807, 2.05) is 18.7 Å². The maximum atomic E-state index is 12.5. The van der Waals surface area contributed by atoms with Gasteiger partial charge in [0, 0.05) is 19.1 Å². The molecule has 0 atom stereocenters. The number of nitrogen functional groups attached to an aromatic ring is 1. The highest BCUT2D eigenvalue weighted by Crippen LogP contribution is 2.27. The van der Waals surface area contributed by atoms with Gasteiger partial charge in [-0.15, -0.1) is 0 Å². The lowest BCUT2D eigenvalue weighted by Crippen LogP contribution is -2.31. The molecule has 106 valence electrons. The van der Waals surface area contributed by atoms with E-state index in [9.17, 15) is 4.79 Å². The summed E-state index contributed by atoms with van der Waals surface area (Å²) in [6.45, 7) is 5.74. The number of carbonyl (C=O) groups is 1. The van der Waals surface area contributed by atoms with E-state index in [0.717, 1.165) is 31.1 Å². The first-order valence-corrected chi connectivity index (χ1v) is 7.71. The van der Waals surface area contributed by atoms with Crippen LogP contribution in [0.25, 0.3) is 0 Å². The van der Waals surface area contributed by atoms with Crippen LogP contribution in [0.2, 0.25) is 0 Å². The highest BCUT2D eigenvalue weighted by Gasteiger charge is 2.23. The highest BCUT2D eigenvalue weighted by molar-refractivity contribution is 7.18. The van der Waals surface area contributed by atoms with Crippen molar-refractivity contribution in [3.63, 3.8) is 0 Å². The van der Waals surface area contributed by atoms with Crippen molar-refractivity contribution in [1.82, 2.24) is 9.88 Å². The number of anilines is 2. The van der Waals surface area contributed by atoms with E-state index in [1.54, 1.807) is 0 Å². The molecule has 3 N–H and O–H groups in total. The van der Waals surface area contributed by atoms with Gasteiger partial charge in [-0.2, -0.15) is 0 Å². The SMILES string of the molecule is CC(C)Nc1nc(N)c(C(=O)N2CCCCCC2)s1. The van der Waals surface area contributed by atoms with Gasteiger partial charge in [0.15, 0.2) is 5.13 Å². The van der Waals surface area contributed by atoms with E-state index >= 15 is 0 Å². The minimum atomic E-state index is 0.0358. The number of rotatable bonds is 3. The predicted octanol–water partition coefficient (Wildman–Crippen LogP) is 2.56. The molecule has 2 rings (SSSR count). The number of hydrogen-bond donors (Lipinski definition) is 2. The number of nitrogens with one attached hydrogen (secondary N) is 1. The number of hydrogen-bond acceptors (Lipinski definition) is 5. The molecule has 1 amide bonds. The Morgan fingerprint density at radius 2 is 1.95 bits per heavy atom. The standard InChI is InChI=1S/C13H22N4OS/c1-9(2)15-13-16-11(14)10(19-13)12(18)17-7-5-3-4-6-8-17/h9H,3-8,14H2,1-2H3,(H,15,16). The molecule has 0 spiro atoms. The number of likely N-dealkylation sites (tertiary alicyclic amines) is 1. The summed E-state index contributed by atoms with van der Waals surface area (Å²) in [5.41, 5.74) is 5.88. The van der Waals surface area contributed by atoms with Crippen molar-refractivity contribution in [3.05, 3.63) is 4.88 Å². The second-order valence-corrected chi connectivity index (χ2v) is 6.24. The fourth-order valence-electron chi connectivity index (χ4n) is 2.21. The zero-order valence-electron chi connectivity index (χ0n) is 11.6. The minimum absolute atomic E-state index is 0.0358. The molecule has 0 radical (unpaired) electrons. The summed E-state index contributed by atoms with van der Waals surface area (Å²) in [5.74, 6) is 0.385. The molecule has 6 heteroatoms. The molecule has 1 aromatic rings. The van der Waals surface area contributed by atoms with Crippen LogP contribution in [-0.4, -0.2) is 34.9 Å². The fraction of sp³-hybridized carbons (Fsp3) is 0.692. The third-order valence-corrected chi connectivity index (χ3v) is 4.14. The van der Waals surface area contributed by atoms with Crippen LogP contribution in [0.5, 0.6) is 0 Å². The topological polar surface area (TPSA) is 71.2 Å². The van der Waals surface area contributed by atoms with Gasteiger partial charge in [-0.1, -0.05) is 24.2 Å².